The van der Waals surface area contributed by atoms with Gasteiger partial charge in [-0.3, -0.25) is 0 Å². The fraction of sp³-hybridized carbons (Fsp3) is 0. The number of fused-ring (bicyclic) bond motifs is 3. The third-order valence-electron chi connectivity index (χ3n) is 3.86. The zero-order valence-corrected chi connectivity index (χ0v) is 11.6. The van der Waals surface area contributed by atoms with Gasteiger partial charge in [0.2, 0.25) is 0 Å². The molecule has 0 amide bonds. The molecular formula is C20H15N. The second-order valence-electron chi connectivity index (χ2n) is 5.20. The average Bonchev–Trinajstić information content (AvgIpc) is 2.97. The predicted molar refractivity (Wildman–Crippen MR) is 91.2 cm³/mol. The van der Waals surface area contributed by atoms with Crippen molar-refractivity contribution in [1.82, 2.24) is 4.98 Å². The van der Waals surface area contributed by atoms with Gasteiger partial charge in [0.15, 0.2) is 0 Å². The Hall–Kier alpha value is -2.80. The Morgan fingerprint density at radius 2 is 1.52 bits per heavy atom. The fourth-order valence-corrected chi connectivity index (χ4v) is 2.81. The first-order valence-electron chi connectivity index (χ1n) is 7.14. The molecule has 1 heterocycles. The van der Waals surface area contributed by atoms with E-state index in [0.717, 1.165) is 0 Å². The lowest BCUT2D eigenvalue weighted by molar-refractivity contribution is 1.47. The lowest BCUT2D eigenvalue weighted by Crippen LogP contribution is -1.76. The summed E-state index contributed by atoms with van der Waals surface area (Å²) in [5.41, 5.74) is 3.62. The molecule has 0 saturated heterocycles. The first-order chi connectivity index (χ1) is 10.4. The molecule has 0 bridgehead atoms. The summed E-state index contributed by atoms with van der Waals surface area (Å²) in [5.74, 6) is 0. The van der Waals surface area contributed by atoms with Crippen LogP contribution >= 0.6 is 0 Å². The van der Waals surface area contributed by atoms with Crippen LogP contribution in [0.1, 0.15) is 11.1 Å². The predicted octanol–water partition coefficient (Wildman–Crippen LogP) is 5.49. The number of hydrogen-bond donors (Lipinski definition) is 1. The zero-order valence-electron chi connectivity index (χ0n) is 11.6. The highest BCUT2D eigenvalue weighted by Gasteiger charge is 2.05. The van der Waals surface area contributed by atoms with Gasteiger partial charge in [-0.1, -0.05) is 72.8 Å². The molecule has 0 aliphatic heterocycles. The molecule has 0 atom stereocenters. The smallest absolute Gasteiger partial charge is 0.0466 e. The number of aromatic nitrogens is 1. The average molecular weight is 269 g/mol. The Balaban J connectivity index is 1.89. The molecule has 0 radical (unpaired) electrons. The summed E-state index contributed by atoms with van der Waals surface area (Å²) < 4.78 is 0. The van der Waals surface area contributed by atoms with E-state index in [-0.39, 0.29) is 0 Å². The maximum atomic E-state index is 3.37. The van der Waals surface area contributed by atoms with Gasteiger partial charge in [-0.15, -0.1) is 0 Å². The third-order valence-corrected chi connectivity index (χ3v) is 3.86. The number of hydrogen-bond acceptors (Lipinski definition) is 0. The van der Waals surface area contributed by atoms with Gasteiger partial charge in [0.25, 0.3) is 0 Å². The van der Waals surface area contributed by atoms with Gasteiger partial charge in [-0.05, 0) is 22.4 Å². The van der Waals surface area contributed by atoms with Crippen molar-refractivity contribution in [1.29, 1.82) is 0 Å². The van der Waals surface area contributed by atoms with Crippen molar-refractivity contribution in [3.8, 4) is 0 Å². The van der Waals surface area contributed by atoms with E-state index in [1.54, 1.807) is 0 Å². The fourth-order valence-electron chi connectivity index (χ4n) is 2.81. The van der Waals surface area contributed by atoms with Crippen LogP contribution in [0, 0.1) is 0 Å². The highest BCUT2D eigenvalue weighted by atomic mass is 14.7. The molecule has 4 rings (SSSR count). The summed E-state index contributed by atoms with van der Waals surface area (Å²) in [6.45, 7) is 0. The lowest BCUT2D eigenvalue weighted by Gasteiger charge is -2.00. The largest absolute Gasteiger partial charge is 0.361 e. The molecule has 1 nitrogen and oxygen atoms in total. The van der Waals surface area contributed by atoms with Crippen molar-refractivity contribution in [2.75, 3.05) is 0 Å². The summed E-state index contributed by atoms with van der Waals surface area (Å²) in [5, 5.41) is 3.86. The Morgan fingerprint density at radius 1 is 0.714 bits per heavy atom. The van der Waals surface area contributed by atoms with Crippen molar-refractivity contribution >= 4 is 33.8 Å². The first-order valence-corrected chi connectivity index (χ1v) is 7.14. The van der Waals surface area contributed by atoms with Crippen LogP contribution in [0.4, 0.5) is 0 Å². The van der Waals surface area contributed by atoms with Gasteiger partial charge in [-0.2, -0.15) is 0 Å². The van der Waals surface area contributed by atoms with E-state index >= 15 is 0 Å². The van der Waals surface area contributed by atoms with E-state index < -0.39 is 0 Å². The van der Waals surface area contributed by atoms with Crippen LogP contribution in [0.2, 0.25) is 0 Å². The molecule has 21 heavy (non-hydrogen) atoms. The van der Waals surface area contributed by atoms with Crippen LogP contribution in [0.15, 0.2) is 72.9 Å². The van der Waals surface area contributed by atoms with Crippen molar-refractivity contribution in [2.24, 2.45) is 0 Å². The van der Waals surface area contributed by atoms with Gasteiger partial charge in [0, 0.05) is 22.7 Å². The van der Waals surface area contributed by atoms with E-state index in [1.165, 1.54) is 32.8 Å². The summed E-state index contributed by atoms with van der Waals surface area (Å²) in [7, 11) is 0. The van der Waals surface area contributed by atoms with Gasteiger partial charge >= 0.3 is 0 Å². The minimum absolute atomic E-state index is 1.18. The molecule has 1 aromatic heterocycles. The number of nitrogens with one attached hydrogen (secondary N) is 1. The summed E-state index contributed by atoms with van der Waals surface area (Å²) in [6, 6.07) is 23.2. The van der Waals surface area contributed by atoms with Crippen molar-refractivity contribution in [2.45, 2.75) is 0 Å². The number of aromatic amines is 1. The molecule has 0 fully saturated rings. The molecule has 4 aromatic rings. The maximum Gasteiger partial charge on any atom is 0.0466 e. The second kappa shape index (κ2) is 4.95. The van der Waals surface area contributed by atoms with E-state index in [4.69, 9.17) is 0 Å². The summed E-state index contributed by atoms with van der Waals surface area (Å²) in [6.07, 6.45) is 6.42. The number of rotatable bonds is 2. The van der Waals surface area contributed by atoms with Crippen LogP contribution in [0.5, 0.6) is 0 Å². The van der Waals surface area contributed by atoms with E-state index in [9.17, 15) is 0 Å². The zero-order chi connectivity index (χ0) is 14.1. The van der Waals surface area contributed by atoms with Crippen molar-refractivity contribution < 1.29 is 0 Å². The Bertz CT molecular complexity index is 930. The maximum absolute atomic E-state index is 3.37. The van der Waals surface area contributed by atoms with E-state index in [1.807, 2.05) is 6.07 Å². The number of benzene rings is 3. The van der Waals surface area contributed by atoms with Gasteiger partial charge in [-0.25, -0.2) is 0 Å². The molecular weight excluding hydrogens is 254 g/mol. The minimum Gasteiger partial charge on any atom is -0.361 e. The van der Waals surface area contributed by atoms with Crippen molar-refractivity contribution in [3.05, 3.63) is 84.1 Å². The molecule has 1 N–H and O–H groups in total. The van der Waals surface area contributed by atoms with Crippen molar-refractivity contribution in [3.63, 3.8) is 0 Å². The van der Waals surface area contributed by atoms with E-state index in [2.05, 4.69) is 84.0 Å². The van der Waals surface area contributed by atoms with Gasteiger partial charge in [0.05, 0.1) is 0 Å². The van der Waals surface area contributed by atoms with Crippen LogP contribution in [0.3, 0.4) is 0 Å². The normalized spacial score (nSPS) is 11.6. The molecule has 3 aromatic carbocycles. The molecule has 0 saturated carbocycles. The molecule has 1 heteroatoms. The highest BCUT2D eigenvalue weighted by Crippen LogP contribution is 2.29. The lowest BCUT2D eigenvalue weighted by atomic mass is 10.0. The van der Waals surface area contributed by atoms with Crippen LogP contribution in [-0.4, -0.2) is 4.98 Å². The first kappa shape index (κ1) is 12.0. The molecule has 0 aliphatic carbocycles. The monoisotopic (exact) mass is 269 g/mol. The number of H-pyrrole nitrogens is 1. The van der Waals surface area contributed by atoms with E-state index in [0.29, 0.717) is 0 Å². The molecule has 0 unspecified atom stereocenters. The van der Waals surface area contributed by atoms with Crippen LogP contribution in [-0.2, 0) is 0 Å². The Labute approximate surface area is 123 Å². The topological polar surface area (TPSA) is 15.8 Å². The highest BCUT2D eigenvalue weighted by molar-refractivity contribution is 6.10. The van der Waals surface area contributed by atoms with Gasteiger partial charge < -0.3 is 4.98 Å². The standard InChI is InChI=1S/C20H15N/c1-2-6-15(7-3-1)10-11-17-14-21-19-13-12-16-8-4-5-9-18(16)20(17)19/h1-14,21H/b11-10-. The second-order valence-corrected chi connectivity index (χ2v) is 5.20. The Morgan fingerprint density at radius 3 is 2.43 bits per heavy atom. The third kappa shape index (κ3) is 2.13. The van der Waals surface area contributed by atoms with Crippen LogP contribution in [0.25, 0.3) is 33.8 Å². The SMILES string of the molecule is C(=C/c1c[nH]c2ccc3ccccc3c12)/c1ccccc1. The van der Waals surface area contributed by atoms with Gasteiger partial charge in [0.1, 0.15) is 0 Å². The molecule has 100 valence electrons. The minimum atomic E-state index is 1.18. The Kier molecular flexibility index (Phi) is 2.82. The van der Waals surface area contributed by atoms with Crippen LogP contribution < -0.4 is 0 Å². The summed E-state index contributed by atoms with van der Waals surface area (Å²) in [4.78, 5) is 3.37. The quantitative estimate of drug-likeness (QED) is 0.495. The molecule has 0 spiro atoms. The summed E-state index contributed by atoms with van der Waals surface area (Å²) >= 11 is 0. The molecule has 0 aliphatic rings.